The van der Waals surface area contributed by atoms with Gasteiger partial charge in [0.1, 0.15) is 11.2 Å². The standard InChI is InChI=1S/C60H48BN2OS/c1-36-33-45-46(59(4,5)32-31-58(45,2)3)35-48(36)63-49-34-42-39-23-12-16-29-50(39)64-56(42)52(53(49)61-57-55(63)40-24-13-17-30-51(40)65-57)41-25-18-27-44-54(41)62-47-28-15-14-26-43(47)60(44,37-19-8-6-9-20-37)38-21-10-7-11-22-38/h6-30,33-35,62H,31-32H2,1-5H3. The molecule has 0 amide bonds. The van der Waals surface area contributed by atoms with E-state index in [0.29, 0.717) is 0 Å². The number of para-hydroxylation sites is 3. The van der Waals surface area contributed by atoms with E-state index in [-0.39, 0.29) is 10.8 Å². The molecule has 4 heterocycles. The van der Waals surface area contributed by atoms with E-state index in [1.54, 1.807) is 0 Å². The van der Waals surface area contributed by atoms with Crippen molar-refractivity contribution in [3.8, 4) is 11.1 Å². The van der Waals surface area contributed by atoms with Crippen molar-refractivity contribution in [3.63, 3.8) is 0 Å². The minimum atomic E-state index is -0.604. The van der Waals surface area contributed by atoms with Gasteiger partial charge in [-0.1, -0.05) is 167 Å². The summed E-state index contributed by atoms with van der Waals surface area (Å²) in [6.45, 7) is 12.1. The highest BCUT2D eigenvalue weighted by Crippen LogP contribution is 2.57. The molecule has 65 heavy (non-hydrogen) atoms. The lowest BCUT2D eigenvalue weighted by Gasteiger charge is -2.44. The van der Waals surface area contributed by atoms with Crippen molar-refractivity contribution in [2.75, 3.05) is 10.2 Å². The normalized spacial score (nSPS) is 16.2. The molecule has 3 nitrogen and oxygen atoms in total. The molecule has 313 valence electrons. The van der Waals surface area contributed by atoms with Crippen molar-refractivity contribution in [2.45, 2.75) is 63.7 Å². The van der Waals surface area contributed by atoms with Crippen LogP contribution in [0.4, 0.5) is 28.4 Å². The Labute approximate surface area is 385 Å². The Hall–Kier alpha value is -6.82. The first-order valence-corrected chi connectivity index (χ1v) is 23.9. The Bertz CT molecular complexity index is 3540. The van der Waals surface area contributed by atoms with E-state index in [1.165, 1.54) is 71.6 Å². The van der Waals surface area contributed by atoms with Gasteiger partial charge < -0.3 is 14.6 Å². The van der Waals surface area contributed by atoms with Gasteiger partial charge in [-0.15, -0.1) is 11.3 Å². The maximum Gasteiger partial charge on any atom is 0.212 e. The molecule has 0 bridgehead atoms. The first kappa shape index (κ1) is 38.6. The highest BCUT2D eigenvalue weighted by Gasteiger charge is 2.46. The molecular weight excluding hydrogens is 808 g/mol. The molecule has 1 aliphatic carbocycles. The number of nitrogens with zero attached hydrogens (tertiary/aromatic N) is 1. The molecule has 0 saturated carbocycles. The van der Waals surface area contributed by atoms with Crippen LogP contribution in [0.25, 0.3) is 43.2 Å². The average molecular weight is 856 g/mol. The first-order valence-electron chi connectivity index (χ1n) is 23.1. The lowest BCUT2D eigenvalue weighted by Crippen LogP contribution is -2.40. The minimum Gasteiger partial charge on any atom is -0.455 e. The zero-order valence-electron chi connectivity index (χ0n) is 37.4. The summed E-state index contributed by atoms with van der Waals surface area (Å²) < 4.78 is 9.69. The predicted octanol–water partition coefficient (Wildman–Crippen LogP) is 15.0. The highest BCUT2D eigenvalue weighted by atomic mass is 32.1. The Balaban J connectivity index is 1.16. The number of fused-ring (bicyclic) bond motifs is 10. The second-order valence-electron chi connectivity index (χ2n) is 19.8. The number of hydrogen-bond acceptors (Lipinski definition) is 4. The van der Waals surface area contributed by atoms with Crippen molar-refractivity contribution >= 4 is 89.3 Å². The van der Waals surface area contributed by atoms with Crippen LogP contribution in [0.3, 0.4) is 0 Å². The largest absolute Gasteiger partial charge is 0.455 e. The van der Waals surface area contributed by atoms with Crippen LogP contribution in [0.2, 0.25) is 0 Å². The predicted molar refractivity (Wildman–Crippen MR) is 276 cm³/mol. The van der Waals surface area contributed by atoms with Crippen LogP contribution in [0.5, 0.6) is 0 Å². The molecule has 2 aromatic heterocycles. The van der Waals surface area contributed by atoms with Crippen molar-refractivity contribution in [1.29, 1.82) is 0 Å². The molecule has 5 heteroatoms. The van der Waals surface area contributed by atoms with Crippen LogP contribution in [0.15, 0.2) is 174 Å². The molecular formula is C60H48BN2OS. The number of benzene rings is 8. The molecule has 8 aromatic carbocycles. The molecule has 0 saturated heterocycles. The summed E-state index contributed by atoms with van der Waals surface area (Å²) in [4.78, 5) is 2.62. The second kappa shape index (κ2) is 13.8. The number of nitrogens with one attached hydrogen (secondary N) is 1. The Kier molecular flexibility index (Phi) is 8.23. The van der Waals surface area contributed by atoms with E-state index < -0.39 is 5.41 Å². The third-order valence-electron chi connectivity index (χ3n) is 15.2. The highest BCUT2D eigenvalue weighted by molar-refractivity contribution is 7.29. The number of rotatable bonds is 4. The van der Waals surface area contributed by atoms with Gasteiger partial charge in [0, 0.05) is 49.0 Å². The molecule has 13 rings (SSSR count). The van der Waals surface area contributed by atoms with Gasteiger partial charge in [0.2, 0.25) is 7.28 Å². The van der Waals surface area contributed by atoms with E-state index in [9.17, 15) is 0 Å². The Morgan fingerprint density at radius 3 is 1.97 bits per heavy atom. The van der Waals surface area contributed by atoms with Gasteiger partial charge in [0.25, 0.3) is 0 Å². The summed E-state index contributed by atoms with van der Waals surface area (Å²) in [7, 11) is 2.46. The summed E-state index contributed by atoms with van der Waals surface area (Å²) in [5.41, 5.74) is 19.6. The summed E-state index contributed by atoms with van der Waals surface area (Å²) in [6.07, 6.45) is 2.33. The van der Waals surface area contributed by atoms with Crippen molar-refractivity contribution in [2.24, 2.45) is 0 Å². The van der Waals surface area contributed by atoms with Crippen LogP contribution in [0, 0.1) is 6.92 Å². The topological polar surface area (TPSA) is 28.4 Å². The van der Waals surface area contributed by atoms with Crippen molar-refractivity contribution in [1.82, 2.24) is 0 Å². The van der Waals surface area contributed by atoms with Gasteiger partial charge in [-0.25, -0.2) is 0 Å². The third-order valence-corrected chi connectivity index (χ3v) is 16.3. The zero-order chi connectivity index (χ0) is 43.8. The monoisotopic (exact) mass is 855 g/mol. The van der Waals surface area contributed by atoms with Gasteiger partial charge in [-0.3, -0.25) is 0 Å². The fraction of sp³-hybridized carbons (Fsp3) is 0.167. The number of anilines is 5. The van der Waals surface area contributed by atoms with Gasteiger partial charge in [0.15, 0.2) is 0 Å². The maximum atomic E-state index is 7.16. The van der Waals surface area contributed by atoms with E-state index in [4.69, 9.17) is 4.42 Å². The first-order chi connectivity index (χ1) is 31.6. The molecule has 1 radical (unpaired) electrons. The van der Waals surface area contributed by atoms with Crippen LogP contribution < -0.4 is 20.5 Å². The maximum absolute atomic E-state index is 7.16. The van der Waals surface area contributed by atoms with E-state index in [0.717, 1.165) is 62.0 Å². The number of hydrogen-bond donors (Lipinski definition) is 1. The van der Waals surface area contributed by atoms with E-state index >= 15 is 0 Å². The molecule has 10 aromatic rings. The molecule has 0 spiro atoms. The lowest BCUT2D eigenvalue weighted by molar-refractivity contribution is 0.332. The number of aryl methyl sites for hydroxylation is 1. The molecule has 0 fully saturated rings. The van der Waals surface area contributed by atoms with E-state index in [1.807, 2.05) is 11.3 Å². The van der Waals surface area contributed by atoms with Crippen LogP contribution >= 0.6 is 11.3 Å². The molecule has 3 aliphatic rings. The molecule has 1 N–H and O–H groups in total. The Morgan fingerprint density at radius 1 is 0.585 bits per heavy atom. The van der Waals surface area contributed by atoms with Gasteiger partial charge >= 0.3 is 0 Å². The van der Waals surface area contributed by atoms with Crippen LogP contribution in [-0.4, -0.2) is 7.28 Å². The minimum absolute atomic E-state index is 0.0442. The average Bonchev–Trinajstić information content (AvgIpc) is 3.89. The SMILES string of the molecule is Cc1cc2c(cc1N1c3cc4c(oc5ccccc54)c(-c4cccc5c4Nc4ccccc4C5(c4ccccc4)c4ccccc4)c3[B]c3sc4ccccc4c31)C(C)(C)CCC2(C)C. The van der Waals surface area contributed by atoms with Crippen molar-refractivity contribution < 1.29 is 4.42 Å². The number of thiophene rings is 1. The van der Waals surface area contributed by atoms with Crippen LogP contribution in [-0.2, 0) is 16.2 Å². The zero-order valence-corrected chi connectivity index (χ0v) is 38.2. The quantitative estimate of drug-likeness (QED) is 0.179. The number of furan rings is 1. The smallest absolute Gasteiger partial charge is 0.212 e. The molecule has 0 atom stereocenters. The van der Waals surface area contributed by atoms with Crippen molar-refractivity contribution in [3.05, 3.63) is 209 Å². The fourth-order valence-electron chi connectivity index (χ4n) is 11.9. The fourth-order valence-corrected chi connectivity index (χ4v) is 13.0. The second-order valence-corrected chi connectivity index (χ2v) is 20.9. The summed E-state index contributed by atoms with van der Waals surface area (Å²) >= 11 is 1.88. The summed E-state index contributed by atoms with van der Waals surface area (Å²) in [5.74, 6) is 0. The summed E-state index contributed by atoms with van der Waals surface area (Å²) in [5, 5.41) is 7.58. The summed E-state index contributed by atoms with van der Waals surface area (Å²) in [6, 6.07) is 63.0. The van der Waals surface area contributed by atoms with Crippen LogP contribution in [0.1, 0.15) is 79.5 Å². The van der Waals surface area contributed by atoms with Gasteiger partial charge in [0.05, 0.1) is 16.8 Å². The Morgan fingerprint density at radius 2 is 1.22 bits per heavy atom. The van der Waals surface area contributed by atoms with E-state index in [2.05, 4.69) is 222 Å². The third kappa shape index (κ3) is 5.42. The molecule has 2 aliphatic heterocycles. The van der Waals surface area contributed by atoms with Gasteiger partial charge in [-0.05, 0) is 110 Å². The molecule has 0 unspecified atom stereocenters. The van der Waals surface area contributed by atoms with Gasteiger partial charge in [-0.2, -0.15) is 0 Å². The lowest BCUT2D eigenvalue weighted by atomic mass is 9.60.